The lowest BCUT2D eigenvalue weighted by molar-refractivity contribution is 0.267. The molecule has 1 aromatic rings. The van der Waals surface area contributed by atoms with E-state index in [0.29, 0.717) is 23.8 Å². The van der Waals surface area contributed by atoms with Crippen molar-refractivity contribution in [3.05, 3.63) is 29.3 Å². The first-order valence-electron chi connectivity index (χ1n) is 4.59. The number of hydrogen-bond donors (Lipinski definition) is 0. The molecule has 0 radical (unpaired) electrons. The molecule has 0 amide bonds. The molecule has 0 atom stereocenters. The van der Waals surface area contributed by atoms with Gasteiger partial charge in [0, 0.05) is 6.07 Å². The van der Waals surface area contributed by atoms with Crippen molar-refractivity contribution in [2.75, 3.05) is 6.61 Å². The van der Waals surface area contributed by atoms with E-state index in [1.165, 1.54) is 0 Å². The lowest BCUT2D eigenvalue weighted by Gasteiger charge is -2.11. The maximum absolute atomic E-state index is 12.8. The summed E-state index contributed by atoms with van der Waals surface area (Å²) in [4.78, 5) is 0. The average Bonchev–Trinajstić information content (AvgIpc) is 2.09. The molecule has 0 aliphatic carbocycles. The molecule has 0 fully saturated rings. The molecule has 0 heterocycles. The van der Waals surface area contributed by atoms with Gasteiger partial charge < -0.3 is 4.74 Å². The number of hydrogen-bond acceptors (Lipinski definition) is 1. The van der Waals surface area contributed by atoms with Crippen LogP contribution in [0.2, 0.25) is 0 Å². The first-order chi connectivity index (χ1) is 6.50. The predicted octanol–water partition coefficient (Wildman–Crippen LogP) is 3.31. The van der Waals surface area contributed by atoms with Crippen LogP contribution in [0.5, 0.6) is 5.75 Å². The number of halogens is 2. The van der Waals surface area contributed by atoms with Crippen LogP contribution in [0.15, 0.2) is 12.1 Å². The summed E-state index contributed by atoms with van der Waals surface area (Å²) in [5, 5.41) is 0. The van der Waals surface area contributed by atoms with Gasteiger partial charge in [0.2, 0.25) is 0 Å². The fraction of sp³-hybridized carbons (Fsp3) is 0.455. The lowest BCUT2D eigenvalue weighted by atomic mass is 10.2. The molecule has 1 rings (SSSR count). The molecule has 0 saturated heterocycles. The fourth-order valence-electron chi connectivity index (χ4n) is 1.04. The van der Waals surface area contributed by atoms with Crippen LogP contribution in [0.1, 0.15) is 19.4 Å². The molecule has 14 heavy (non-hydrogen) atoms. The molecule has 1 aromatic carbocycles. The minimum Gasteiger partial charge on any atom is -0.493 e. The highest BCUT2D eigenvalue weighted by Gasteiger charge is 2.08. The van der Waals surface area contributed by atoms with E-state index in [1.54, 1.807) is 6.92 Å². The van der Waals surface area contributed by atoms with Crippen molar-refractivity contribution in [1.82, 2.24) is 0 Å². The molecule has 0 spiro atoms. The van der Waals surface area contributed by atoms with Crippen LogP contribution in [0.3, 0.4) is 0 Å². The molecule has 1 nitrogen and oxygen atoms in total. The smallest absolute Gasteiger partial charge is 0.162 e. The highest BCUT2D eigenvalue weighted by molar-refractivity contribution is 5.33. The molecule has 0 saturated carbocycles. The van der Waals surface area contributed by atoms with Crippen LogP contribution < -0.4 is 4.74 Å². The van der Waals surface area contributed by atoms with Crippen LogP contribution >= 0.6 is 0 Å². The van der Waals surface area contributed by atoms with E-state index >= 15 is 0 Å². The Morgan fingerprint density at radius 1 is 1.21 bits per heavy atom. The normalized spacial score (nSPS) is 10.7. The van der Waals surface area contributed by atoms with Gasteiger partial charge in [-0.15, -0.1) is 0 Å². The van der Waals surface area contributed by atoms with Gasteiger partial charge in [0.25, 0.3) is 0 Å². The van der Waals surface area contributed by atoms with Crippen molar-refractivity contribution in [3.8, 4) is 5.75 Å². The van der Waals surface area contributed by atoms with Crippen molar-refractivity contribution >= 4 is 0 Å². The van der Waals surface area contributed by atoms with E-state index in [1.807, 2.05) is 13.8 Å². The lowest BCUT2D eigenvalue weighted by Crippen LogP contribution is -2.06. The molecule has 78 valence electrons. The third-order valence-corrected chi connectivity index (χ3v) is 1.79. The second-order valence-electron chi connectivity index (χ2n) is 3.74. The summed E-state index contributed by atoms with van der Waals surface area (Å²) in [6.07, 6.45) is 0. The zero-order chi connectivity index (χ0) is 10.7. The van der Waals surface area contributed by atoms with Crippen molar-refractivity contribution in [2.45, 2.75) is 20.8 Å². The highest BCUT2D eigenvalue weighted by atomic mass is 19.2. The number of ether oxygens (including phenoxy) is 1. The largest absolute Gasteiger partial charge is 0.493 e. The van der Waals surface area contributed by atoms with Gasteiger partial charge in [0.15, 0.2) is 11.6 Å². The Hall–Kier alpha value is -1.12. The summed E-state index contributed by atoms with van der Waals surface area (Å²) in [7, 11) is 0. The Kier molecular flexibility index (Phi) is 3.44. The summed E-state index contributed by atoms with van der Waals surface area (Å²) >= 11 is 0. The van der Waals surface area contributed by atoms with Crippen molar-refractivity contribution < 1.29 is 13.5 Å². The van der Waals surface area contributed by atoms with E-state index in [-0.39, 0.29) is 0 Å². The highest BCUT2D eigenvalue weighted by Crippen LogP contribution is 2.21. The molecule has 0 unspecified atom stereocenters. The van der Waals surface area contributed by atoms with Crippen molar-refractivity contribution in [3.63, 3.8) is 0 Å². The number of rotatable bonds is 3. The SMILES string of the molecule is Cc1cc(F)c(F)cc1OCC(C)C. The molecule has 0 aliphatic heterocycles. The summed E-state index contributed by atoms with van der Waals surface area (Å²) in [6.45, 7) is 6.19. The molecular weight excluding hydrogens is 186 g/mol. The fourth-order valence-corrected chi connectivity index (χ4v) is 1.04. The molecular formula is C11H14F2O. The Morgan fingerprint density at radius 2 is 1.79 bits per heavy atom. The standard InChI is InChI=1S/C11H14F2O/c1-7(2)6-14-11-5-10(13)9(12)4-8(11)3/h4-5,7H,6H2,1-3H3. The van der Waals surface area contributed by atoms with Gasteiger partial charge in [-0.1, -0.05) is 13.8 Å². The topological polar surface area (TPSA) is 9.23 Å². The predicted molar refractivity (Wildman–Crippen MR) is 51.4 cm³/mol. The van der Waals surface area contributed by atoms with E-state index < -0.39 is 11.6 Å². The quantitative estimate of drug-likeness (QED) is 0.727. The van der Waals surface area contributed by atoms with Gasteiger partial charge in [-0.25, -0.2) is 8.78 Å². The summed E-state index contributed by atoms with van der Waals surface area (Å²) < 4.78 is 30.9. The maximum atomic E-state index is 12.8. The third kappa shape index (κ3) is 2.69. The van der Waals surface area contributed by atoms with Gasteiger partial charge in [0.05, 0.1) is 6.61 Å². The van der Waals surface area contributed by atoms with Gasteiger partial charge in [-0.3, -0.25) is 0 Å². The van der Waals surface area contributed by atoms with Crippen LogP contribution in [-0.4, -0.2) is 6.61 Å². The van der Waals surface area contributed by atoms with E-state index in [0.717, 1.165) is 12.1 Å². The van der Waals surface area contributed by atoms with Crippen LogP contribution in [0.4, 0.5) is 8.78 Å². The molecule has 0 bridgehead atoms. The Morgan fingerprint density at radius 3 is 2.36 bits per heavy atom. The van der Waals surface area contributed by atoms with E-state index in [4.69, 9.17) is 4.74 Å². The summed E-state index contributed by atoms with van der Waals surface area (Å²) in [5.41, 5.74) is 0.615. The minimum atomic E-state index is -0.866. The van der Waals surface area contributed by atoms with E-state index in [9.17, 15) is 8.78 Å². The van der Waals surface area contributed by atoms with Gasteiger partial charge in [-0.05, 0) is 24.5 Å². The number of aryl methyl sites for hydroxylation is 1. The maximum Gasteiger partial charge on any atom is 0.162 e. The number of benzene rings is 1. The Balaban J connectivity index is 2.82. The Labute approximate surface area is 82.7 Å². The van der Waals surface area contributed by atoms with Crippen molar-refractivity contribution in [1.29, 1.82) is 0 Å². The summed E-state index contributed by atoms with van der Waals surface area (Å²) in [5.74, 6) is -0.922. The van der Waals surface area contributed by atoms with E-state index in [2.05, 4.69) is 0 Å². The van der Waals surface area contributed by atoms with Gasteiger partial charge >= 0.3 is 0 Å². The first-order valence-corrected chi connectivity index (χ1v) is 4.59. The van der Waals surface area contributed by atoms with Gasteiger partial charge in [-0.2, -0.15) is 0 Å². The minimum absolute atomic E-state index is 0.363. The van der Waals surface area contributed by atoms with Crippen molar-refractivity contribution in [2.24, 2.45) is 5.92 Å². The molecule has 0 N–H and O–H groups in total. The Bertz CT molecular complexity index is 321. The third-order valence-electron chi connectivity index (χ3n) is 1.79. The van der Waals surface area contributed by atoms with Crippen LogP contribution in [0.25, 0.3) is 0 Å². The van der Waals surface area contributed by atoms with Crippen LogP contribution in [0, 0.1) is 24.5 Å². The zero-order valence-electron chi connectivity index (χ0n) is 8.60. The first kappa shape index (κ1) is 11.0. The van der Waals surface area contributed by atoms with Gasteiger partial charge in [0.1, 0.15) is 5.75 Å². The summed E-state index contributed by atoms with van der Waals surface area (Å²) in [6, 6.07) is 2.23. The second kappa shape index (κ2) is 4.40. The molecule has 0 aliphatic rings. The molecule has 0 aromatic heterocycles. The zero-order valence-corrected chi connectivity index (χ0v) is 8.60. The average molecular weight is 200 g/mol. The molecule has 3 heteroatoms. The van der Waals surface area contributed by atoms with Crippen LogP contribution in [-0.2, 0) is 0 Å². The second-order valence-corrected chi connectivity index (χ2v) is 3.74. The monoisotopic (exact) mass is 200 g/mol.